The Morgan fingerprint density at radius 2 is 1.31 bits per heavy atom. The van der Waals surface area contributed by atoms with Crippen LogP contribution in [0.4, 0.5) is 0 Å². The van der Waals surface area contributed by atoms with Crippen molar-refractivity contribution in [3.05, 3.63) is 0 Å². The number of ether oxygens (including phenoxy) is 4. The first-order valence-electron chi connectivity index (χ1n) is 12.9. The smallest absolute Gasteiger partial charge is 0.303 e. The fourth-order valence-corrected chi connectivity index (χ4v) is 3.71. The van der Waals surface area contributed by atoms with E-state index in [1.165, 1.54) is 51.9 Å². The van der Waals surface area contributed by atoms with E-state index in [0.717, 1.165) is 13.0 Å². The summed E-state index contributed by atoms with van der Waals surface area (Å²) in [6, 6.07) is 0. The molecule has 0 aliphatic heterocycles. The molecule has 0 heterocycles. The van der Waals surface area contributed by atoms with E-state index in [0.29, 0.717) is 30.8 Å². The fraction of sp³-hybridized carbons (Fsp3) is 0.958. The highest BCUT2D eigenvalue weighted by Crippen LogP contribution is 2.38. The summed E-state index contributed by atoms with van der Waals surface area (Å²) >= 11 is 0. The molecular formula is C24H50NO9P. The van der Waals surface area contributed by atoms with Crippen LogP contribution in [-0.2, 0) is 37.4 Å². The van der Waals surface area contributed by atoms with E-state index in [4.69, 9.17) is 28.0 Å². The number of quaternary nitrogens is 1. The van der Waals surface area contributed by atoms with E-state index < -0.39 is 19.9 Å². The maximum absolute atomic E-state index is 11.9. The minimum absolute atomic E-state index is 0.000806. The van der Waals surface area contributed by atoms with Gasteiger partial charge in [-0.25, -0.2) is 0 Å². The third kappa shape index (κ3) is 26.3. The molecule has 0 spiro atoms. The van der Waals surface area contributed by atoms with Crippen LogP contribution >= 0.6 is 7.82 Å². The van der Waals surface area contributed by atoms with Crippen molar-refractivity contribution >= 4 is 13.8 Å². The van der Waals surface area contributed by atoms with Crippen LogP contribution in [0.3, 0.4) is 0 Å². The van der Waals surface area contributed by atoms with E-state index in [2.05, 4.69) is 6.92 Å². The minimum atomic E-state index is -4.50. The van der Waals surface area contributed by atoms with Gasteiger partial charge in [-0.15, -0.1) is 0 Å². The lowest BCUT2D eigenvalue weighted by molar-refractivity contribution is -0.870. The topological polar surface area (TPSA) is 113 Å². The highest BCUT2D eigenvalue weighted by atomic mass is 31.2. The average molecular weight is 528 g/mol. The Kier molecular flexibility index (Phi) is 21.1. The van der Waals surface area contributed by atoms with Gasteiger partial charge in [0.05, 0.1) is 60.8 Å². The second-order valence-electron chi connectivity index (χ2n) is 9.60. The Labute approximate surface area is 212 Å². The standard InChI is InChI=1S/C24H50NO9P/c1-6-7-8-9-10-11-12-13-15-29-17-18-30-19-20-31-21-24(34-23(2)26)22-33-35(27,28)32-16-14-25(3,4)5/h24H,6-22H2,1-5H3. The van der Waals surface area contributed by atoms with Crippen LogP contribution in [-0.4, -0.2) is 97.1 Å². The van der Waals surface area contributed by atoms with Crippen molar-refractivity contribution in [3.63, 3.8) is 0 Å². The fourth-order valence-electron chi connectivity index (χ4n) is 2.98. The number of rotatable bonds is 25. The Morgan fingerprint density at radius 3 is 1.89 bits per heavy atom. The summed E-state index contributed by atoms with van der Waals surface area (Å²) < 4.78 is 43.7. The maximum atomic E-state index is 11.9. The molecule has 0 aliphatic carbocycles. The normalized spacial score (nSPS) is 14.6. The van der Waals surface area contributed by atoms with Crippen LogP contribution in [0.5, 0.6) is 0 Å². The van der Waals surface area contributed by atoms with E-state index in [1.807, 2.05) is 21.1 Å². The molecule has 0 fully saturated rings. The van der Waals surface area contributed by atoms with Gasteiger partial charge in [-0.1, -0.05) is 51.9 Å². The molecule has 35 heavy (non-hydrogen) atoms. The molecule has 2 atom stereocenters. The molecule has 0 aromatic rings. The molecule has 0 aliphatic rings. The maximum Gasteiger partial charge on any atom is 0.303 e. The lowest BCUT2D eigenvalue weighted by Gasteiger charge is -2.28. The summed E-state index contributed by atoms with van der Waals surface area (Å²) in [5.74, 6) is -0.557. The van der Waals surface area contributed by atoms with Crippen molar-refractivity contribution in [1.82, 2.24) is 0 Å². The number of unbranched alkanes of at least 4 members (excludes halogenated alkanes) is 7. The van der Waals surface area contributed by atoms with Crippen molar-refractivity contribution in [2.45, 2.75) is 71.3 Å². The predicted octanol–water partition coefficient (Wildman–Crippen LogP) is 3.32. The third-order valence-electron chi connectivity index (χ3n) is 4.95. The van der Waals surface area contributed by atoms with Gasteiger partial charge >= 0.3 is 5.97 Å². The lowest BCUT2D eigenvalue weighted by Crippen LogP contribution is -2.37. The average Bonchev–Trinajstić information content (AvgIpc) is 2.75. The number of carbonyl (C=O) groups excluding carboxylic acids is 1. The number of carbonyl (C=O) groups is 1. The van der Waals surface area contributed by atoms with E-state index >= 15 is 0 Å². The number of phosphoric acid groups is 1. The van der Waals surface area contributed by atoms with Gasteiger partial charge in [-0.05, 0) is 6.42 Å². The highest BCUT2D eigenvalue weighted by molar-refractivity contribution is 7.45. The van der Waals surface area contributed by atoms with Gasteiger partial charge in [-0.3, -0.25) is 9.36 Å². The van der Waals surface area contributed by atoms with E-state index in [9.17, 15) is 14.3 Å². The van der Waals surface area contributed by atoms with Crippen molar-refractivity contribution in [2.75, 3.05) is 80.5 Å². The molecule has 10 nitrogen and oxygen atoms in total. The number of hydrogen-bond acceptors (Lipinski definition) is 9. The van der Waals surface area contributed by atoms with Crippen molar-refractivity contribution < 1.29 is 46.7 Å². The molecule has 2 unspecified atom stereocenters. The van der Waals surface area contributed by atoms with E-state index in [1.54, 1.807) is 0 Å². The van der Waals surface area contributed by atoms with Crippen molar-refractivity contribution in [3.8, 4) is 0 Å². The van der Waals surface area contributed by atoms with Crippen LogP contribution in [0.25, 0.3) is 0 Å². The predicted molar refractivity (Wildman–Crippen MR) is 133 cm³/mol. The second-order valence-corrected chi connectivity index (χ2v) is 11.0. The second kappa shape index (κ2) is 21.5. The zero-order chi connectivity index (χ0) is 26.4. The first kappa shape index (κ1) is 34.4. The zero-order valence-electron chi connectivity index (χ0n) is 22.7. The van der Waals surface area contributed by atoms with Gasteiger partial charge in [0.2, 0.25) is 0 Å². The molecule has 0 saturated heterocycles. The quantitative estimate of drug-likeness (QED) is 0.0764. The zero-order valence-corrected chi connectivity index (χ0v) is 23.6. The van der Waals surface area contributed by atoms with Gasteiger partial charge in [-0.2, -0.15) is 0 Å². The Balaban J connectivity index is 3.77. The van der Waals surface area contributed by atoms with Gasteiger partial charge in [0, 0.05) is 13.5 Å². The Hall–Kier alpha value is -0.580. The molecule has 0 N–H and O–H groups in total. The SMILES string of the molecule is CCCCCCCCCCOCCOCCOCC(COP(=O)([O-])OCC[N+](C)(C)C)OC(C)=O. The van der Waals surface area contributed by atoms with Crippen LogP contribution in [0.2, 0.25) is 0 Å². The van der Waals surface area contributed by atoms with Gasteiger partial charge < -0.3 is 37.4 Å². The first-order chi connectivity index (χ1) is 16.6. The molecular weight excluding hydrogens is 477 g/mol. The highest BCUT2D eigenvalue weighted by Gasteiger charge is 2.19. The van der Waals surface area contributed by atoms with Crippen LogP contribution in [0.15, 0.2) is 0 Å². The summed E-state index contributed by atoms with van der Waals surface area (Å²) in [5, 5.41) is 0. The summed E-state index contributed by atoms with van der Waals surface area (Å²) in [6.45, 7) is 5.95. The monoisotopic (exact) mass is 527 g/mol. The molecule has 0 bridgehead atoms. The Bertz CT molecular complexity index is 558. The van der Waals surface area contributed by atoms with Crippen molar-refractivity contribution in [1.29, 1.82) is 0 Å². The van der Waals surface area contributed by atoms with Crippen LogP contribution in [0.1, 0.15) is 65.2 Å². The molecule has 0 radical (unpaired) electrons. The molecule has 0 aromatic carbocycles. The lowest BCUT2D eigenvalue weighted by atomic mass is 10.1. The molecule has 0 saturated carbocycles. The number of phosphoric ester groups is 1. The molecule has 0 amide bonds. The van der Waals surface area contributed by atoms with E-state index in [-0.39, 0.29) is 26.4 Å². The summed E-state index contributed by atoms with van der Waals surface area (Å²) in [7, 11) is 1.26. The number of likely N-dealkylation sites (N-methyl/N-ethyl adjacent to an activating group) is 1. The number of hydrogen-bond donors (Lipinski definition) is 0. The summed E-state index contributed by atoms with van der Waals surface area (Å²) in [5.41, 5.74) is 0. The molecule has 11 heteroatoms. The summed E-state index contributed by atoms with van der Waals surface area (Å²) in [4.78, 5) is 23.2. The Morgan fingerprint density at radius 1 is 0.771 bits per heavy atom. The molecule has 0 rings (SSSR count). The molecule has 0 aromatic heterocycles. The van der Waals surface area contributed by atoms with Crippen molar-refractivity contribution in [2.24, 2.45) is 0 Å². The third-order valence-corrected chi connectivity index (χ3v) is 5.92. The van der Waals surface area contributed by atoms with Crippen LogP contribution < -0.4 is 4.89 Å². The van der Waals surface area contributed by atoms with Crippen LogP contribution in [0, 0.1) is 0 Å². The molecule has 210 valence electrons. The number of esters is 1. The van der Waals surface area contributed by atoms with Gasteiger partial charge in [0.25, 0.3) is 7.82 Å². The summed E-state index contributed by atoms with van der Waals surface area (Å²) in [6.07, 6.45) is 9.31. The van der Waals surface area contributed by atoms with Gasteiger partial charge in [0.15, 0.2) is 0 Å². The number of nitrogens with zero attached hydrogens (tertiary/aromatic N) is 1. The van der Waals surface area contributed by atoms with Gasteiger partial charge in [0.1, 0.15) is 19.3 Å². The minimum Gasteiger partial charge on any atom is -0.756 e. The first-order valence-corrected chi connectivity index (χ1v) is 14.3. The largest absolute Gasteiger partial charge is 0.756 e.